The minimum Gasteiger partial charge on any atom is -0.324 e. The molecule has 3 nitrogen and oxygen atoms in total. The van der Waals surface area contributed by atoms with Crippen LogP contribution >= 0.6 is 0 Å². The molecule has 0 spiro atoms. The molecule has 0 radical (unpaired) electrons. The Kier molecular flexibility index (Phi) is 3.91. The molecule has 3 rings (SSSR count). The molecule has 1 saturated heterocycles. The highest BCUT2D eigenvalue weighted by atomic mass is 16.2. The Morgan fingerprint density at radius 1 is 1.14 bits per heavy atom. The lowest BCUT2D eigenvalue weighted by Crippen LogP contribution is -2.32. The van der Waals surface area contributed by atoms with Crippen molar-refractivity contribution in [2.75, 3.05) is 18.4 Å². The van der Waals surface area contributed by atoms with Crippen molar-refractivity contribution in [1.29, 1.82) is 0 Å². The van der Waals surface area contributed by atoms with E-state index in [9.17, 15) is 4.79 Å². The summed E-state index contributed by atoms with van der Waals surface area (Å²) >= 11 is 0. The molecule has 0 unspecified atom stereocenters. The Morgan fingerprint density at radius 3 is 2.71 bits per heavy atom. The van der Waals surface area contributed by atoms with Crippen LogP contribution in [0.3, 0.4) is 0 Å². The highest BCUT2D eigenvalue weighted by Gasteiger charge is 2.27. The van der Waals surface area contributed by atoms with Gasteiger partial charge in [0.05, 0.1) is 0 Å². The fraction of sp³-hybridized carbons (Fsp3) is 0.278. The summed E-state index contributed by atoms with van der Waals surface area (Å²) in [5.41, 5.74) is 3.34. The molecule has 1 aliphatic rings. The summed E-state index contributed by atoms with van der Waals surface area (Å²) in [5, 5.41) is 2.98. The summed E-state index contributed by atoms with van der Waals surface area (Å²) in [7, 11) is 0. The Hall–Kier alpha value is -2.29. The minimum absolute atomic E-state index is 0.000897. The van der Waals surface area contributed by atoms with E-state index in [1.807, 2.05) is 42.2 Å². The number of likely N-dealkylation sites (tertiary alicyclic amines) is 1. The molecular formula is C18H20N2O. The van der Waals surface area contributed by atoms with E-state index < -0.39 is 0 Å². The van der Waals surface area contributed by atoms with Crippen molar-refractivity contribution in [1.82, 2.24) is 4.90 Å². The maximum atomic E-state index is 12.3. The molecular weight excluding hydrogens is 260 g/mol. The highest BCUT2D eigenvalue weighted by molar-refractivity contribution is 5.89. The van der Waals surface area contributed by atoms with E-state index in [2.05, 4.69) is 29.6 Å². The number of amides is 2. The zero-order valence-corrected chi connectivity index (χ0v) is 12.3. The summed E-state index contributed by atoms with van der Waals surface area (Å²) in [6, 6.07) is 18.3. The normalized spacial score (nSPS) is 17.8. The summed E-state index contributed by atoms with van der Waals surface area (Å²) in [5.74, 6) is 0.453. The van der Waals surface area contributed by atoms with Crippen LogP contribution in [0.5, 0.6) is 0 Å². The molecule has 3 heteroatoms. The van der Waals surface area contributed by atoms with Gasteiger partial charge in [0, 0.05) is 24.7 Å². The van der Waals surface area contributed by atoms with Crippen LogP contribution in [0.25, 0.3) is 0 Å². The van der Waals surface area contributed by atoms with Crippen molar-refractivity contribution < 1.29 is 4.79 Å². The van der Waals surface area contributed by atoms with Crippen LogP contribution in [-0.4, -0.2) is 24.0 Å². The van der Waals surface area contributed by atoms with Crippen molar-refractivity contribution in [3.63, 3.8) is 0 Å². The van der Waals surface area contributed by atoms with Gasteiger partial charge in [0.1, 0.15) is 0 Å². The Bertz CT molecular complexity index is 624. The third kappa shape index (κ3) is 3.24. The van der Waals surface area contributed by atoms with Gasteiger partial charge in [-0.2, -0.15) is 0 Å². The molecule has 21 heavy (non-hydrogen) atoms. The molecule has 1 aliphatic heterocycles. The molecule has 1 heterocycles. The molecule has 0 bridgehead atoms. The summed E-state index contributed by atoms with van der Waals surface area (Å²) < 4.78 is 0. The van der Waals surface area contributed by atoms with E-state index >= 15 is 0 Å². The van der Waals surface area contributed by atoms with Crippen LogP contribution in [0.4, 0.5) is 10.5 Å². The van der Waals surface area contributed by atoms with Gasteiger partial charge in [-0.15, -0.1) is 0 Å². The fourth-order valence-corrected chi connectivity index (χ4v) is 2.87. The molecule has 0 saturated carbocycles. The van der Waals surface area contributed by atoms with E-state index in [1.165, 1.54) is 5.56 Å². The van der Waals surface area contributed by atoms with E-state index in [1.54, 1.807) is 0 Å². The quantitative estimate of drug-likeness (QED) is 0.885. The first-order chi connectivity index (χ1) is 10.2. The number of hydrogen-bond acceptors (Lipinski definition) is 1. The topological polar surface area (TPSA) is 32.3 Å². The third-order valence-corrected chi connectivity index (χ3v) is 4.02. The average Bonchev–Trinajstić information content (AvgIpc) is 2.98. The van der Waals surface area contributed by atoms with E-state index in [0.29, 0.717) is 5.92 Å². The third-order valence-electron chi connectivity index (χ3n) is 4.02. The standard InChI is InChI=1S/C18H20N2O/c1-14-6-5-9-17(12-14)19-18(21)20-11-10-16(13-20)15-7-3-2-4-8-15/h2-9,12,16H,10-11,13H2,1H3,(H,19,21)/t16-/m1/s1. The lowest BCUT2D eigenvalue weighted by atomic mass is 9.99. The van der Waals surface area contributed by atoms with Crippen LogP contribution in [0.15, 0.2) is 54.6 Å². The largest absolute Gasteiger partial charge is 0.324 e. The zero-order chi connectivity index (χ0) is 14.7. The smallest absolute Gasteiger partial charge is 0.321 e. The van der Waals surface area contributed by atoms with Crippen molar-refractivity contribution in [3.05, 3.63) is 65.7 Å². The predicted octanol–water partition coefficient (Wildman–Crippen LogP) is 4.02. The first kappa shape index (κ1) is 13.7. The molecule has 1 N–H and O–H groups in total. The van der Waals surface area contributed by atoms with Gasteiger partial charge in [-0.3, -0.25) is 0 Å². The predicted molar refractivity (Wildman–Crippen MR) is 85.6 cm³/mol. The number of carbonyl (C=O) groups is 1. The van der Waals surface area contributed by atoms with Gasteiger partial charge in [0.15, 0.2) is 0 Å². The molecule has 0 aromatic heterocycles. The molecule has 1 fully saturated rings. The monoisotopic (exact) mass is 280 g/mol. The van der Waals surface area contributed by atoms with Gasteiger partial charge in [-0.05, 0) is 36.6 Å². The number of aryl methyl sites for hydroxylation is 1. The number of nitrogens with zero attached hydrogens (tertiary/aromatic N) is 1. The lowest BCUT2D eigenvalue weighted by Gasteiger charge is -2.17. The zero-order valence-electron chi connectivity index (χ0n) is 12.3. The average molecular weight is 280 g/mol. The van der Waals surface area contributed by atoms with Crippen LogP contribution in [0, 0.1) is 6.92 Å². The summed E-state index contributed by atoms with van der Waals surface area (Å²) in [6.45, 7) is 3.63. The van der Waals surface area contributed by atoms with E-state index in [0.717, 1.165) is 30.8 Å². The lowest BCUT2D eigenvalue weighted by molar-refractivity contribution is 0.222. The molecule has 0 aliphatic carbocycles. The second-order valence-corrected chi connectivity index (χ2v) is 5.64. The van der Waals surface area contributed by atoms with Gasteiger partial charge >= 0.3 is 6.03 Å². The van der Waals surface area contributed by atoms with Crippen molar-refractivity contribution in [2.45, 2.75) is 19.3 Å². The van der Waals surface area contributed by atoms with Gasteiger partial charge < -0.3 is 10.2 Å². The minimum atomic E-state index is -0.000897. The van der Waals surface area contributed by atoms with Gasteiger partial charge in [-0.1, -0.05) is 42.5 Å². The fourth-order valence-electron chi connectivity index (χ4n) is 2.87. The van der Waals surface area contributed by atoms with Crippen LogP contribution in [0.1, 0.15) is 23.5 Å². The first-order valence-corrected chi connectivity index (χ1v) is 7.40. The molecule has 2 aromatic carbocycles. The first-order valence-electron chi connectivity index (χ1n) is 7.40. The molecule has 2 amide bonds. The highest BCUT2D eigenvalue weighted by Crippen LogP contribution is 2.27. The van der Waals surface area contributed by atoms with Gasteiger partial charge in [-0.25, -0.2) is 4.79 Å². The van der Waals surface area contributed by atoms with E-state index in [-0.39, 0.29) is 6.03 Å². The maximum Gasteiger partial charge on any atom is 0.321 e. The number of nitrogens with one attached hydrogen (secondary N) is 1. The van der Waals surface area contributed by atoms with E-state index in [4.69, 9.17) is 0 Å². The Balaban J connectivity index is 1.62. The van der Waals surface area contributed by atoms with Crippen LogP contribution < -0.4 is 5.32 Å². The molecule has 2 aromatic rings. The number of anilines is 1. The van der Waals surface area contributed by atoms with Crippen molar-refractivity contribution in [3.8, 4) is 0 Å². The number of benzene rings is 2. The SMILES string of the molecule is Cc1cccc(NC(=O)N2CC[C@@H](c3ccccc3)C2)c1. The van der Waals surface area contributed by atoms with Gasteiger partial charge in [0.2, 0.25) is 0 Å². The summed E-state index contributed by atoms with van der Waals surface area (Å²) in [6.07, 6.45) is 1.03. The molecule has 108 valence electrons. The second-order valence-electron chi connectivity index (χ2n) is 5.64. The molecule has 1 atom stereocenters. The Morgan fingerprint density at radius 2 is 1.95 bits per heavy atom. The van der Waals surface area contributed by atoms with Gasteiger partial charge in [0.25, 0.3) is 0 Å². The summed E-state index contributed by atoms with van der Waals surface area (Å²) in [4.78, 5) is 14.2. The number of urea groups is 1. The number of rotatable bonds is 2. The van der Waals surface area contributed by atoms with Crippen molar-refractivity contribution in [2.24, 2.45) is 0 Å². The van der Waals surface area contributed by atoms with Crippen LogP contribution in [0.2, 0.25) is 0 Å². The Labute approximate surface area is 125 Å². The number of carbonyl (C=O) groups excluding carboxylic acids is 1. The van der Waals surface area contributed by atoms with Crippen molar-refractivity contribution >= 4 is 11.7 Å². The number of hydrogen-bond donors (Lipinski definition) is 1. The van der Waals surface area contributed by atoms with Crippen LogP contribution in [-0.2, 0) is 0 Å². The second kappa shape index (κ2) is 6.00. The maximum absolute atomic E-state index is 12.3.